The van der Waals surface area contributed by atoms with Crippen molar-refractivity contribution in [3.8, 4) is 16.9 Å². The van der Waals surface area contributed by atoms with Gasteiger partial charge in [-0.05, 0) is 74.6 Å². The number of aliphatic hydroxyl groups is 1. The number of rotatable bonds is 10. The van der Waals surface area contributed by atoms with E-state index in [2.05, 4.69) is 0 Å². The van der Waals surface area contributed by atoms with Crippen molar-refractivity contribution in [2.75, 3.05) is 6.61 Å². The highest BCUT2D eigenvalue weighted by Gasteiger charge is 2.25. The van der Waals surface area contributed by atoms with Crippen molar-refractivity contribution in [3.05, 3.63) is 94.1 Å². The van der Waals surface area contributed by atoms with E-state index in [-0.39, 0.29) is 35.0 Å². The summed E-state index contributed by atoms with van der Waals surface area (Å²) in [5, 5.41) is 10.0. The largest absolute Gasteiger partial charge is 0.491 e. The van der Waals surface area contributed by atoms with Crippen molar-refractivity contribution < 1.29 is 36.2 Å². The summed E-state index contributed by atoms with van der Waals surface area (Å²) in [4.78, 5) is 0. The van der Waals surface area contributed by atoms with Crippen LogP contribution >= 0.6 is 0 Å². The Morgan fingerprint density at radius 2 is 1.45 bits per heavy atom. The molecule has 2 atom stereocenters. The summed E-state index contributed by atoms with van der Waals surface area (Å²) in [7, 11) is 0. The van der Waals surface area contributed by atoms with Crippen LogP contribution in [0, 0.1) is 40.8 Å². The van der Waals surface area contributed by atoms with E-state index in [0.717, 1.165) is 6.07 Å². The third kappa shape index (κ3) is 6.07. The van der Waals surface area contributed by atoms with Crippen LogP contribution in [0.15, 0.2) is 42.5 Å². The Morgan fingerprint density at radius 1 is 0.800 bits per heavy atom. The topological polar surface area (TPSA) is 29.5 Å². The molecule has 214 valence electrons. The number of benzene rings is 3. The second kappa shape index (κ2) is 12.9. The van der Waals surface area contributed by atoms with Crippen LogP contribution in [0.2, 0.25) is 0 Å². The molecular formula is C32H32F6O2. The van der Waals surface area contributed by atoms with E-state index in [9.17, 15) is 22.7 Å². The van der Waals surface area contributed by atoms with Crippen LogP contribution in [-0.4, -0.2) is 11.7 Å². The van der Waals surface area contributed by atoms with Crippen LogP contribution < -0.4 is 4.74 Å². The van der Waals surface area contributed by atoms with Gasteiger partial charge in [-0.1, -0.05) is 43.7 Å². The highest BCUT2D eigenvalue weighted by atomic mass is 19.2. The second-order valence-electron chi connectivity index (χ2n) is 10.1. The monoisotopic (exact) mass is 562 g/mol. The number of hydrogen-bond acceptors (Lipinski definition) is 2. The molecule has 2 unspecified atom stereocenters. The maximum Gasteiger partial charge on any atom is 0.201 e. The predicted molar refractivity (Wildman–Crippen MR) is 143 cm³/mol. The number of halogens is 6. The lowest BCUT2D eigenvalue weighted by atomic mass is 9.83. The van der Waals surface area contributed by atoms with Gasteiger partial charge in [-0.2, -0.15) is 4.39 Å². The highest BCUT2D eigenvalue weighted by molar-refractivity contribution is 5.72. The number of allylic oxidation sites excluding steroid dienone is 2. The quantitative estimate of drug-likeness (QED) is 0.250. The third-order valence-corrected chi connectivity index (χ3v) is 7.52. The molecule has 40 heavy (non-hydrogen) atoms. The summed E-state index contributed by atoms with van der Waals surface area (Å²) >= 11 is 0. The number of aliphatic hydroxyl groups excluding tert-OH is 1. The lowest BCUT2D eigenvalue weighted by molar-refractivity contribution is 0.160. The molecule has 0 aliphatic heterocycles. The molecule has 0 amide bonds. The van der Waals surface area contributed by atoms with Gasteiger partial charge in [0.15, 0.2) is 34.8 Å². The minimum absolute atomic E-state index is 0.0379. The van der Waals surface area contributed by atoms with Gasteiger partial charge in [0.25, 0.3) is 0 Å². The van der Waals surface area contributed by atoms with Gasteiger partial charge in [0.2, 0.25) is 5.82 Å². The predicted octanol–water partition coefficient (Wildman–Crippen LogP) is 9.24. The summed E-state index contributed by atoms with van der Waals surface area (Å²) in [5.74, 6) is -7.12. The molecule has 0 aromatic heterocycles. The van der Waals surface area contributed by atoms with E-state index in [1.165, 1.54) is 30.3 Å². The zero-order valence-electron chi connectivity index (χ0n) is 22.5. The third-order valence-electron chi connectivity index (χ3n) is 7.52. The van der Waals surface area contributed by atoms with Crippen LogP contribution in [0.4, 0.5) is 26.3 Å². The summed E-state index contributed by atoms with van der Waals surface area (Å²) in [6.07, 6.45) is 4.28. The molecule has 0 heterocycles. The Bertz CT molecular complexity index is 1400. The molecule has 1 aliphatic carbocycles. The average molecular weight is 563 g/mol. The van der Waals surface area contributed by atoms with E-state index in [1.807, 2.05) is 13.0 Å². The molecule has 0 spiro atoms. The highest BCUT2D eigenvalue weighted by Crippen LogP contribution is 2.38. The second-order valence-corrected chi connectivity index (χ2v) is 10.1. The molecule has 0 fully saturated rings. The minimum atomic E-state index is -1.32. The Kier molecular flexibility index (Phi) is 9.61. The van der Waals surface area contributed by atoms with Crippen molar-refractivity contribution in [1.29, 1.82) is 0 Å². The molecule has 3 aromatic carbocycles. The fraction of sp³-hybridized carbons (Fsp3) is 0.375. The zero-order valence-corrected chi connectivity index (χ0v) is 22.5. The maximum absolute atomic E-state index is 15.1. The van der Waals surface area contributed by atoms with E-state index >= 15 is 8.78 Å². The fourth-order valence-electron chi connectivity index (χ4n) is 5.25. The Morgan fingerprint density at radius 3 is 2.10 bits per heavy atom. The number of hydrogen-bond donors (Lipinski definition) is 1. The van der Waals surface area contributed by atoms with Crippen LogP contribution in [-0.2, 0) is 6.42 Å². The zero-order chi connectivity index (χ0) is 29.0. The Balaban J connectivity index is 1.45. The van der Waals surface area contributed by atoms with Crippen molar-refractivity contribution >= 4 is 5.57 Å². The molecule has 3 aromatic rings. The van der Waals surface area contributed by atoms with Crippen molar-refractivity contribution in [3.63, 3.8) is 0 Å². The van der Waals surface area contributed by atoms with Gasteiger partial charge in [0, 0.05) is 22.3 Å². The molecule has 4 rings (SSSR count). The first-order valence-corrected chi connectivity index (χ1v) is 13.6. The molecule has 0 saturated heterocycles. The summed E-state index contributed by atoms with van der Waals surface area (Å²) in [6, 6.07) is 7.87. The SMILES string of the molecule is CCCC(O)c1ccc(CCC2CC=C(c3ccc(-c4ccc(OCC)c(F)c4F)c(F)c3F)CC2)c(F)c1F. The van der Waals surface area contributed by atoms with Gasteiger partial charge in [-0.15, -0.1) is 0 Å². The van der Waals surface area contributed by atoms with Gasteiger partial charge in [-0.25, -0.2) is 22.0 Å². The van der Waals surface area contributed by atoms with Crippen LogP contribution in [0.1, 0.15) is 75.2 Å². The van der Waals surface area contributed by atoms with Crippen molar-refractivity contribution in [2.24, 2.45) is 5.92 Å². The van der Waals surface area contributed by atoms with E-state index < -0.39 is 52.1 Å². The number of aryl methyl sites for hydroxylation is 1. The van der Waals surface area contributed by atoms with Crippen molar-refractivity contribution in [1.82, 2.24) is 0 Å². The van der Waals surface area contributed by atoms with Crippen molar-refractivity contribution in [2.45, 2.75) is 64.9 Å². The Labute approximate surface area is 230 Å². The molecule has 2 nitrogen and oxygen atoms in total. The smallest absolute Gasteiger partial charge is 0.201 e. The van der Waals surface area contributed by atoms with Gasteiger partial charge in [-0.3, -0.25) is 0 Å². The standard InChI is InChI=1S/C32H32F6O2/c1-3-5-25(39)24-13-12-20(27(33)31(24)37)11-8-18-6-9-19(10-7-18)21-14-15-22(29(35)28(21)34)23-16-17-26(40-4-2)32(38)30(23)36/h9,12-18,25,39H,3-8,10-11H2,1-2H3. The first-order valence-electron chi connectivity index (χ1n) is 13.6. The minimum Gasteiger partial charge on any atom is -0.491 e. The first kappa shape index (κ1) is 29.7. The summed E-state index contributed by atoms with van der Waals surface area (Å²) < 4.78 is 93.1. The number of ether oxygens (including phenoxy) is 1. The molecule has 0 radical (unpaired) electrons. The van der Waals surface area contributed by atoms with Crippen LogP contribution in [0.3, 0.4) is 0 Å². The van der Waals surface area contributed by atoms with Crippen LogP contribution in [0.25, 0.3) is 16.7 Å². The fourth-order valence-corrected chi connectivity index (χ4v) is 5.25. The normalized spacial score (nSPS) is 16.1. The van der Waals surface area contributed by atoms with E-state index in [4.69, 9.17) is 4.74 Å². The van der Waals surface area contributed by atoms with Gasteiger partial charge >= 0.3 is 0 Å². The molecule has 0 bridgehead atoms. The van der Waals surface area contributed by atoms with E-state index in [0.29, 0.717) is 50.5 Å². The average Bonchev–Trinajstić information content (AvgIpc) is 2.94. The lowest BCUT2D eigenvalue weighted by Gasteiger charge is -2.23. The van der Waals surface area contributed by atoms with E-state index in [1.54, 1.807) is 6.92 Å². The maximum atomic E-state index is 15.1. The lowest BCUT2D eigenvalue weighted by Crippen LogP contribution is -2.10. The molecule has 1 N–H and O–H groups in total. The summed E-state index contributed by atoms with van der Waals surface area (Å²) in [6.45, 7) is 3.58. The Hall–Kier alpha value is -3.26. The molecular weight excluding hydrogens is 530 g/mol. The molecule has 1 aliphatic rings. The van der Waals surface area contributed by atoms with Crippen LogP contribution in [0.5, 0.6) is 5.75 Å². The van der Waals surface area contributed by atoms with Gasteiger partial charge < -0.3 is 9.84 Å². The summed E-state index contributed by atoms with van der Waals surface area (Å²) in [5.41, 5.74) is 0.0611. The van der Waals surface area contributed by atoms with Gasteiger partial charge in [0.1, 0.15) is 0 Å². The molecule has 8 heteroatoms. The van der Waals surface area contributed by atoms with Gasteiger partial charge in [0.05, 0.1) is 12.7 Å². The first-order chi connectivity index (χ1) is 19.2. The molecule has 0 saturated carbocycles.